The molecule has 0 aliphatic carbocycles. The van der Waals surface area contributed by atoms with E-state index in [1.807, 2.05) is 7.05 Å². The highest BCUT2D eigenvalue weighted by molar-refractivity contribution is 7.11. The van der Waals surface area contributed by atoms with Gasteiger partial charge >= 0.3 is 0 Å². The summed E-state index contributed by atoms with van der Waals surface area (Å²) in [6.45, 7) is 10.2. The van der Waals surface area contributed by atoms with Crippen LogP contribution in [0.4, 0.5) is 0 Å². The molecular formula is C22H34N6S. The number of nitrogens with zero attached hydrogens (tertiary/aromatic N) is 4. The van der Waals surface area contributed by atoms with Crippen LogP contribution in [0, 0.1) is 13.8 Å². The van der Waals surface area contributed by atoms with Crippen LogP contribution < -0.4 is 10.6 Å². The summed E-state index contributed by atoms with van der Waals surface area (Å²) in [7, 11) is 4.04. The minimum Gasteiger partial charge on any atom is -0.356 e. The summed E-state index contributed by atoms with van der Waals surface area (Å²) in [5.41, 5.74) is 2.54. The molecule has 0 saturated carbocycles. The van der Waals surface area contributed by atoms with Crippen molar-refractivity contribution in [1.82, 2.24) is 25.4 Å². The van der Waals surface area contributed by atoms with Crippen molar-refractivity contribution in [1.29, 1.82) is 0 Å². The first-order valence-corrected chi connectivity index (χ1v) is 11.2. The normalized spacial score (nSPS) is 18.8. The lowest BCUT2D eigenvalue weighted by Gasteiger charge is -2.40. The molecule has 2 N–H and O–H groups in total. The molecule has 1 unspecified atom stereocenters. The van der Waals surface area contributed by atoms with Crippen molar-refractivity contribution in [2.45, 2.75) is 32.9 Å². The molecule has 3 rings (SSSR count). The second-order valence-electron chi connectivity index (χ2n) is 7.68. The van der Waals surface area contributed by atoms with Crippen LogP contribution in [0.3, 0.4) is 0 Å². The van der Waals surface area contributed by atoms with E-state index in [0.717, 1.165) is 55.8 Å². The highest BCUT2D eigenvalue weighted by Gasteiger charge is 2.25. The molecule has 158 valence electrons. The molecular weight excluding hydrogens is 380 g/mol. The molecule has 0 amide bonds. The lowest BCUT2D eigenvalue weighted by molar-refractivity contribution is 0.0891. The minimum atomic E-state index is 0.476. The van der Waals surface area contributed by atoms with Gasteiger partial charge in [-0.15, -0.1) is 11.3 Å². The average molecular weight is 415 g/mol. The molecule has 1 aliphatic heterocycles. The van der Waals surface area contributed by atoms with Crippen LogP contribution in [0.5, 0.6) is 0 Å². The summed E-state index contributed by atoms with van der Waals surface area (Å²) in [4.78, 5) is 15.3. The van der Waals surface area contributed by atoms with Gasteiger partial charge in [-0.25, -0.2) is 4.98 Å². The number of nitrogens with one attached hydrogen (secondary N) is 2. The number of aromatic nitrogens is 1. The van der Waals surface area contributed by atoms with Gasteiger partial charge in [0.05, 0.1) is 12.2 Å². The Balaban J connectivity index is 1.44. The summed E-state index contributed by atoms with van der Waals surface area (Å²) >= 11 is 1.75. The smallest absolute Gasteiger partial charge is 0.191 e. The molecule has 2 aromatic rings. The van der Waals surface area contributed by atoms with Crippen molar-refractivity contribution in [3.05, 3.63) is 51.5 Å². The Kier molecular flexibility index (Phi) is 8.03. The topological polar surface area (TPSA) is 55.8 Å². The number of aliphatic imine (C=N–C) groups is 1. The first-order valence-electron chi connectivity index (χ1n) is 10.4. The van der Waals surface area contributed by atoms with E-state index in [9.17, 15) is 0 Å². The molecule has 0 radical (unpaired) electrons. The maximum atomic E-state index is 4.58. The molecule has 0 spiro atoms. The van der Waals surface area contributed by atoms with Crippen molar-refractivity contribution in [3.8, 4) is 0 Å². The number of aryl methyl sites for hydroxylation is 2. The van der Waals surface area contributed by atoms with Crippen LogP contribution in [0.25, 0.3) is 0 Å². The minimum absolute atomic E-state index is 0.476. The fraction of sp³-hybridized carbons (Fsp3) is 0.545. The third-order valence-corrected chi connectivity index (χ3v) is 6.57. The number of hydrogen-bond donors (Lipinski definition) is 2. The average Bonchev–Trinajstić information content (AvgIpc) is 3.06. The lowest BCUT2D eigenvalue weighted by Crippen LogP contribution is -2.47. The summed E-state index contributed by atoms with van der Waals surface area (Å²) < 4.78 is 0. The Morgan fingerprint density at radius 3 is 2.69 bits per heavy atom. The summed E-state index contributed by atoms with van der Waals surface area (Å²) in [5.74, 6) is 0.841. The Bertz CT molecular complexity index is 768. The zero-order valence-electron chi connectivity index (χ0n) is 18.1. The van der Waals surface area contributed by atoms with Crippen LogP contribution in [0.2, 0.25) is 0 Å². The van der Waals surface area contributed by atoms with Gasteiger partial charge < -0.3 is 15.5 Å². The number of rotatable bonds is 7. The van der Waals surface area contributed by atoms with Crippen LogP contribution in [-0.2, 0) is 6.54 Å². The van der Waals surface area contributed by atoms with E-state index in [-0.39, 0.29) is 0 Å². The highest BCUT2D eigenvalue weighted by atomic mass is 32.1. The molecule has 2 heterocycles. The predicted octanol–water partition coefficient (Wildman–Crippen LogP) is 2.80. The van der Waals surface area contributed by atoms with Gasteiger partial charge in [-0.3, -0.25) is 9.89 Å². The zero-order chi connectivity index (χ0) is 20.6. The van der Waals surface area contributed by atoms with Gasteiger partial charge in [0.1, 0.15) is 5.01 Å². The first kappa shape index (κ1) is 21.7. The number of thiazole rings is 1. The fourth-order valence-electron chi connectivity index (χ4n) is 3.70. The van der Waals surface area contributed by atoms with Crippen LogP contribution >= 0.6 is 11.3 Å². The Morgan fingerprint density at radius 2 is 2.00 bits per heavy atom. The monoisotopic (exact) mass is 414 g/mol. The van der Waals surface area contributed by atoms with Crippen LogP contribution in [0.15, 0.2) is 35.3 Å². The maximum Gasteiger partial charge on any atom is 0.191 e. The number of guanidine groups is 1. The van der Waals surface area contributed by atoms with E-state index in [2.05, 4.69) is 81.6 Å². The molecule has 0 bridgehead atoms. The molecule has 1 aliphatic rings. The molecule has 6 nitrogen and oxygen atoms in total. The largest absolute Gasteiger partial charge is 0.356 e. The molecule has 1 saturated heterocycles. The van der Waals surface area contributed by atoms with Gasteiger partial charge in [-0.1, -0.05) is 30.3 Å². The molecule has 29 heavy (non-hydrogen) atoms. The van der Waals surface area contributed by atoms with Gasteiger partial charge in [-0.05, 0) is 32.9 Å². The van der Waals surface area contributed by atoms with E-state index in [4.69, 9.17) is 0 Å². The van der Waals surface area contributed by atoms with E-state index in [1.54, 1.807) is 11.3 Å². The Labute approximate surface area is 179 Å². The Morgan fingerprint density at radius 1 is 1.21 bits per heavy atom. The van der Waals surface area contributed by atoms with Crippen molar-refractivity contribution in [2.24, 2.45) is 4.99 Å². The Hall–Kier alpha value is -1.96. The lowest BCUT2D eigenvalue weighted by atomic mass is 10.0. The van der Waals surface area contributed by atoms with Crippen LogP contribution in [0.1, 0.15) is 33.6 Å². The second-order valence-corrected chi connectivity index (χ2v) is 8.97. The van der Waals surface area contributed by atoms with Gasteiger partial charge in [0, 0.05) is 50.7 Å². The molecule has 1 aromatic carbocycles. The van der Waals surface area contributed by atoms with Gasteiger partial charge in [0.2, 0.25) is 0 Å². The zero-order valence-corrected chi connectivity index (χ0v) is 18.9. The molecule has 1 atom stereocenters. The standard InChI is InChI=1S/C22H34N6S/c1-17-18(2)29-21(26-17)15-25-22(23-3)24-11-8-12-28-14-13-27(4)16-20(28)19-9-6-5-7-10-19/h5-7,9-10,20H,8,11-16H2,1-4H3,(H2,23,24,25). The van der Waals surface area contributed by atoms with E-state index < -0.39 is 0 Å². The van der Waals surface area contributed by atoms with Gasteiger partial charge in [0.15, 0.2) is 5.96 Å². The number of benzene rings is 1. The molecule has 1 aromatic heterocycles. The van der Waals surface area contributed by atoms with Gasteiger partial charge in [0.25, 0.3) is 0 Å². The van der Waals surface area contributed by atoms with Crippen LogP contribution in [-0.4, -0.2) is 67.6 Å². The SMILES string of the molecule is CN=C(NCCCN1CCN(C)CC1c1ccccc1)NCc1nc(C)c(C)s1. The van der Waals surface area contributed by atoms with E-state index >= 15 is 0 Å². The first-order chi connectivity index (χ1) is 14.1. The third-order valence-electron chi connectivity index (χ3n) is 5.50. The quantitative estimate of drug-likeness (QED) is 0.415. The fourth-order valence-corrected chi connectivity index (χ4v) is 4.57. The van der Waals surface area contributed by atoms with Crippen molar-refractivity contribution < 1.29 is 0 Å². The summed E-state index contributed by atoms with van der Waals surface area (Å²) in [5, 5.41) is 7.92. The second kappa shape index (κ2) is 10.7. The van der Waals surface area contributed by atoms with Crippen molar-refractivity contribution >= 4 is 17.3 Å². The van der Waals surface area contributed by atoms with Crippen molar-refractivity contribution in [2.75, 3.05) is 46.8 Å². The number of piperazine rings is 1. The third kappa shape index (κ3) is 6.26. The molecule has 1 fully saturated rings. The van der Waals surface area contributed by atoms with Gasteiger partial charge in [-0.2, -0.15) is 0 Å². The maximum absolute atomic E-state index is 4.58. The highest BCUT2D eigenvalue weighted by Crippen LogP contribution is 2.24. The van der Waals surface area contributed by atoms with Crippen molar-refractivity contribution in [3.63, 3.8) is 0 Å². The molecule has 7 heteroatoms. The summed E-state index contributed by atoms with van der Waals surface area (Å²) in [6.07, 6.45) is 1.09. The predicted molar refractivity (Wildman–Crippen MR) is 123 cm³/mol. The number of likely N-dealkylation sites (N-methyl/N-ethyl adjacent to an activating group) is 1. The van der Waals surface area contributed by atoms with E-state index in [1.165, 1.54) is 10.4 Å². The summed E-state index contributed by atoms with van der Waals surface area (Å²) in [6, 6.07) is 11.4. The van der Waals surface area contributed by atoms with E-state index in [0.29, 0.717) is 12.6 Å². The number of hydrogen-bond acceptors (Lipinski definition) is 5.